The van der Waals surface area contributed by atoms with Crippen LogP contribution in [0.5, 0.6) is 5.75 Å². The molecule has 0 bridgehead atoms. The first-order valence-corrected chi connectivity index (χ1v) is 8.17. The highest BCUT2D eigenvalue weighted by molar-refractivity contribution is 5.33. The largest absolute Gasteiger partial charge is 0.496 e. The molecule has 0 N–H and O–H groups in total. The molecule has 0 atom stereocenters. The van der Waals surface area contributed by atoms with E-state index in [0.29, 0.717) is 0 Å². The zero-order valence-electron chi connectivity index (χ0n) is 14.0. The number of hydrogen-bond acceptors (Lipinski definition) is 4. The molecule has 0 unspecified atom stereocenters. The van der Waals surface area contributed by atoms with Crippen LogP contribution >= 0.6 is 0 Å². The van der Waals surface area contributed by atoms with Crippen molar-refractivity contribution in [1.82, 2.24) is 14.5 Å². The quantitative estimate of drug-likeness (QED) is 0.603. The van der Waals surface area contributed by atoms with E-state index in [2.05, 4.69) is 26.6 Å². The van der Waals surface area contributed by atoms with E-state index >= 15 is 0 Å². The van der Waals surface area contributed by atoms with Crippen molar-refractivity contribution in [3.63, 3.8) is 0 Å². The van der Waals surface area contributed by atoms with Crippen LogP contribution in [0.1, 0.15) is 17.7 Å². The normalized spacial score (nSPS) is 11.1. The molecule has 0 aliphatic carbocycles. The molecule has 126 valence electrons. The number of hydrogen-bond donors (Lipinski definition) is 0. The Kier molecular flexibility index (Phi) is 5.69. The van der Waals surface area contributed by atoms with Gasteiger partial charge in [-0.3, -0.25) is 4.90 Å². The van der Waals surface area contributed by atoms with E-state index in [1.54, 1.807) is 13.4 Å². The van der Waals surface area contributed by atoms with Gasteiger partial charge in [0.15, 0.2) is 0 Å². The molecule has 24 heavy (non-hydrogen) atoms. The van der Waals surface area contributed by atoms with Gasteiger partial charge in [0.05, 0.1) is 26.2 Å². The van der Waals surface area contributed by atoms with E-state index in [9.17, 15) is 0 Å². The minimum absolute atomic E-state index is 0.787. The topological polar surface area (TPSA) is 43.4 Å². The minimum Gasteiger partial charge on any atom is -0.496 e. The third-order valence-corrected chi connectivity index (χ3v) is 4.00. The van der Waals surface area contributed by atoms with Gasteiger partial charge in [-0.05, 0) is 24.6 Å². The molecule has 5 heteroatoms. The maximum atomic E-state index is 5.52. The second kappa shape index (κ2) is 8.36. The van der Waals surface area contributed by atoms with Crippen LogP contribution in [0.15, 0.2) is 65.8 Å². The first kappa shape index (κ1) is 16.3. The highest BCUT2D eigenvalue weighted by Gasteiger charge is 2.11. The van der Waals surface area contributed by atoms with Gasteiger partial charge in [0, 0.05) is 37.6 Å². The van der Waals surface area contributed by atoms with Gasteiger partial charge >= 0.3 is 0 Å². The molecular weight excluding hydrogens is 302 g/mol. The summed E-state index contributed by atoms with van der Waals surface area (Å²) in [7, 11) is 1.72. The van der Waals surface area contributed by atoms with E-state index < -0.39 is 0 Å². The fourth-order valence-electron chi connectivity index (χ4n) is 2.81. The van der Waals surface area contributed by atoms with E-state index in [4.69, 9.17) is 9.15 Å². The minimum atomic E-state index is 0.787. The van der Waals surface area contributed by atoms with Crippen LogP contribution in [-0.2, 0) is 19.6 Å². The second-order valence-electron chi connectivity index (χ2n) is 5.76. The van der Waals surface area contributed by atoms with Gasteiger partial charge < -0.3 is 13.7 Å². The van der Waals surface area contributed by atoms with Crippen molar-refractivity contribution in [3.8, 4) is 5.75 Å². The van der Waals surface area contributed by atoms with Crippen molar-refractivity contribution < 1.29 is 9.15 Å². The van der Waals surface area contributed by atoms with E-state index in [-0.39, 0.29) is 0 Å². The summed E-state index contributed by atoms with van der Waals surface area (Å²) in [6.07, 6.45) is 8.44. The predicted octanol–water partition coefficient (Wildman–Crippen LogP) is 3.58. The van der Waals surface area contributed by atoms with Crippen molar-refractivity contribution in [2.75, 3.05) is 13.7 Å². The van der Waals surface area contributed by atoms with E-state index in [1.165, 1.54) is 5.56 Å². The Hall–Kier alpha value is -2.53. The van der Waals surface area contributed by atoms with Gasteiger partial charge in [0.25, 0.3) is 0 Å². The molecule has 0 spiro atoms. The van der Waals surface area contributed by atoms with Crippen molar-refractivity contribution in [2.45, 2.75) is 26.1 Å². The first-order valence-electron chi connectivity index (χ1n) is 8.17. The van der Waals surface area contributed by atoms with Gasteiger partial charge in [-0.25, -0.2) is 4.98 Å². The van der Waals surface area contributed by atoms with Gasteiger partial charge in [-0.15, -0.1) is 0 Å². The van der Waals surface area contributed by atoms with Crippen LogP contribution in [-0.4, -0.2) is 28.1 Å². The van der Waals surface area contributed by atoms with Gasteiger partial charge in [0.2, 0.25) is 0 Å². The third kappa shape index (κ3) is 4.49. The number of nitrogens with zero attached hydrogens (tertiary/aromatic N) is 3. The molecule has 0 aliphatic heterocycles. The highest BCUT2D eigenvalue weighted by Crippen LogP contribution is 2.20. The summed E-state index contributed by atoms with van der Waals surface area (Å²) in [5, 5.41) is 0. The molecule has 2 aromatic heterocycles. The maximum Gasteiger partial charge on any atom is 0.123 e. The number of imidazole rings is 1. The summed E-state index contributed by atoms with van der Waals surface area (Å²) in [5.41, 5.74) is 1.19. The lowest BCUT2D eigenvalue weighted by atomic mass is 10.1. The Bertz CT molecular complexity index is 708. The van der Waals surface area contributed by atoms with Gasteiger partial charge in [-0.1, -0.05) is 18.2 Å². The van der Waals surface area contributed by atoms with Crippen molar-refractivity contribution in [1.29, 1.82) is 0 Å². The molecule has 0 amide bonds. The average Bonchev–Trinajstić information content (AvgIpc) is 3.29. The fraction of sp³-hybridized carbons (Fsp3) is 0.316. The number of aromatic nitrogens is 2. The second-order valence-corrected chi connectivity index (χ2v) is 5.76. The Balaban J connectivity index is 1.64. The molecule has 3 aromatic rings. The summed E-state index contributed by atoms with van der Waals surface area (Å²) in [6.45, 7) is 3.54. The third-order valence-electron chi connectivity index (χ3n) is 4.00. The monoisotopic (exact) mass is 325 g/mol. The predicted molar refractivity (Wildman–Crippen MR) is 92.7 cm³/mol. The number of rotatable bonds is 9. The molecule has 1 aromatic carbocycles. The van der Waals surface area contributed by atoms with Crippen LogP contribution in [0.25, 0.3) is 0 Å². The summed E-state index contributed by atoms with van der Waals surface area (Å²) >= 11 is 0. The van der Waals surface area contributed by atoms with E-state index in [1.807, 2.05) is 43.0 Å². The van der Waals surface area contributed by atoms with Crippen molar-refractivity contribution in [3.05, 3.63) is 72.7 Å². The molecule has 0 radical (unpaired) electrons. The number of benzene rings is 1. The standard InChI is InChI=1S/C19H23N3O2/c1-23-19-8-3-2-6-17(19)14-22(15-18-7-4-13-24-18)11-5-10-21-12-9-20-16-21/h2-4,6-9,12-13,16H,5,10-11,14-15H2,1H3. The Morgan fingerprint density at radius 3 is 2.83 bits per heavy atom. The summed E-state index contributed by atoms with van der Waals surface area (Å²) in [4.78, 5) is 6.47. The number of ether oxygens (including phenoxy) is 1. The Labute approximate surface area is 142 Å². The van der Waals surface area contributed by atoms with Crippen LogP contribution in [0.2, 0.25) is 0 Å². The molecule has 2 heterocycles. The van der Waals surface area contributed by atoms with Gasteiger partial charge in [0.1, 0.15) is 11.5 Å². The molecule has 0 fully saturated rings. The maximum absolute atomic E-state index is 5.52. The molecule has 0 aliphatic rings. The van der Waals surface area contributed by atoms with Gasteiger partial charge in [-0.2, -0.15) is 0 Å². The lowest BCUT2D eigenvalue weighted by molar-refractivity contribution is 0.225. The van der Waals surface area contributed by atoms with Crippen molar-refractivity contribution >= 4 is 0 Å². The molecule has 5 nitrogen and oxygen atoms in total. The van der Waals surface area contributed by atoms with Crippen LogP contribution < -0.4 is 4.74 Å². The SMILES string of the molecule is COc1ccccc1CN(CCCn1ccnc1)Cc1ccco1. The Morgan fingerprint density at radius 1 is 1.17 bits per heavy atom. The average molecular weight is 325 g/mol. The molecular formula is C19H23N3O2. The summed E-state index contributed by atoms with van der Waals surface area (Å²) < 4.78 is 13.1. The smallest absolute Gasteiger partial charge is 0.123 e. The number of furan rings is 1. The van der Waals surface area contributed by atoms with Crippen LogP contribution in [0, 0.1) is 0 Å². The fourth-order valence-corrected chi connectivity index (χ4v) is 2.81. The zero-order valence-corrected chi connectivity index (χ0v) is 14.0. The van der Waals surface area contributed by atoms with Crippen molar-refractivity contribution in [2.24, 2.45) is 0 Å². The van der Waals surface area contributed by atoms with E-state index in [0.717, 1.165) is 44.1 Å². The number of aryl methyl sites for hydroxylation is 1. The number of para-hydroxylation sites is 1. The molecule has 3 rings (SSSR count). The number of methoxy groups -OCH3 is 1. The summed E-state index contributed by atoms with van der Waals surface area (Å²) in [6, 6.07) is 12.1. The first-order chi connectivity index (χ1) is 11.8. The summed E-state index contributed by atoms with van der Waals surface area (Å²) in [5.74, 6) is 1.91. The van der Waals surface area contributed by atoms with Crippen LogP contribution in [0.4, 0.5) is 0 Å². The lowest BCUT2D eigenvalue weighted by Gasteiger charge is -2.22. The molecule has 0 saturated heterocycles. The van der Waals surface area contributed by atoms with Crippen LogP contribution in [0.3, 0.4) is 0 Å². The highest BCUT2D eigenvalue weighted by atomic mass is 16.5. The lowest BCUT2D eigenvalue weighted by Crippen LogP contribution is -2.25. The zero-order chi connectivity index (χ0) is 16.6. The Morgan fingerprint density at radius 2 is 2.08 bits per heavy atom. The molecule has 0 saturated carbocycles.